The van der Waals surface area contributed by atoms with Gasteiger partial charge in [0.2, 0.25) is 0 Å². The van der Waals surface area contributed by atoms with Gasteiger partial charge in [-0.05, 0) is 55.9 Å². The average Bonchev–Trinajstić information content (AvgIpc) is 2.40. The van der Waals surface area contributed by atoms with Crippen LogP contribution in [0.25, 0.3) is 0 Å². The monoisotopic (exact) mass is 320 g/mol. The summed E-state index contributed by atoms with van der Waals surface area (Å²) in [6, 6.07) is 8.41. The zero-order chi connectivity index (χ0) is 17.7. The SMILES string of the molecule is CC(C)CCN(CC(C)(C)N)c1ccc(OCC(C)(C)C)cc1. The van der Waals surface area contributed by atoms with Gasteiger partial charge in [0.05, 0.1) is 6.61 Å². The summed E-state index contributed by atoms with van der Waals surface area (Å²) in [7, 11) is 0. The van der Waals surface area contributed by atoms with Gasteiger partial charge in [0.15, 0.2) is 0 Å². The number of rotatable bonds is 8. The maximum Gasteiger partial charge on any atom is 0.119 e. The predicted molar refractivity (Wildman–Crippen MR) is 101 cm³/mol. The van der Waals surface area contributed by atoms with Crippen LogP contribution in [0.15, 0.2) is 24.3 Å². The van der Waals surface area contributed by atoms with Crippen molar-refractivity contribution in [3.63, 3.8) is 0 Å². The van der Waals surface area contributed by atoms with Crippen molar-refractivity contribution in [1.29, 1.82) is 0 Å². The van der Waals surface area contributed by atoms with E-state index >= 15 is 0 Å². The number of nitrogens with two attached hydrogens (primary N) is 1. The Morgan fingerprint density at radius 1 is 1.04 bits per heavy atom. The first-order valence-electron chi connectivity index (χ1n) is 8.73. The molecular weight excluding hydrogens is 284 g/mol. The first-order chi connectivity index (χ1) is 10.5. The lowest BCUT2D eigenvalue weighted by Gasteiger charge is -2.32. The van der Waals surface area contributed by atoms with E-state index in [-0.39, 0.29) is 11.0 Å². The van der Waals surface area contributed by atoms with Gasteiger partial charge in [-0.1, -0.05) is 34.6 Å². The van der Waals surface area contributed by atoms with Crippen LogP contribution in [0.2, 0.25) is 0 Å². The fourth-order valence-electron chi connectivity index (χ4n) is 2.26. The lowest BCUT2D eigenvalue weighted by molar-refractivity contribution is 0.198. The molecule has 0 saturated heterocycles. The second kappa shape index (κ2) is 8.05. The van der Waals surface area contributed by atoms with Crippen LogP contribution in [0.5, 0.6) is 5.75 Å². The third-order valence-electron chi connectivity index (χ3n) is 3.45. The molecule has 0 bridgehead atoms. The summed E-state index contributed by atoms with van der Waals surface area (Å²) < 4.78 is 5.86. The molecular formula is C20H36N2O. The van der Waals surface area contributed by atoms with E-state index in [4.69, 9.17) is 10.5 Å². The van der Waals surface area contributed by atoms with Crippen LogP contribution in [0.4, 0.5) is 5.69 Å². The smallest absolute Gasteiger partial charge is 0.119 e. The summed E-state index contributed by atoms with van der Waals surface area (Å²) in [5.41, 5.74) is 7.42. The fraction of sp³-hybridized carbons (Fsp3) is 0.700. The van der Waals surface area contributed by atoms with Crippen molar-refractivity contribution >= 4 is 5.69 Å². The summed E-state index contributed by atoms with van der Waals surface area (Å²) in [4.78, 5) is 2.38. The Morgan fingerprint density at radius 3 is 2.04 bits per heavy atom. The summed E-state index contributed by atoms with van der Waals surface area (Å²) in [5, 5.41) is 0. The molecule has 0 atom stereocenters. The van der Waals surface area contributed by atoms with E-state index in [0.29, 0.717) is 5.92 Å². The molecule has 0 fully saturated rings. The molecule has 0 amide bonds. The Morgan fingerprint density at radius 2 is 1.61 bits per heavy atom. The summed E-state index contributed by atoms with van der Waals surface area (Å²) in [6.45, 7) is 17.8. The molecule has 0 aliphatic carbocycles. The number of ether oxygens (including phenoxy) is 1. The molecule has 23 heavy (non-hydrogen) atoms. The predicted octanol–water partition coefficient (Wildman–Crippen LogP) is 4.70. The van der Waals surface area contributed by atoms with E-state index in [2.05, 4.69) is 77.6 Å². The standard InChI is InChI=1S/C20H36N2O/c1-16(2)12-13-22(14-20(6,7)21)17-8-10-18(11-9-17)23-15-19(3,4)5/h8-11,16H,12-15,21H2,1-7H3. The van der Waals surface area contributed by atoms with E-state index < -0.39 is 0 Å². The highest BCUT2D eigenvalue weighted by atomic mass is 16.5. The molecule has 1 aromatic carbocycles. The Balaban J connectivity index is 2.77. The van der Waals surface area contributed by atoms with Crippen LogP contribution in [0.1, 0.15) is 54.9 Å². The highest BCUT2D eigenvalue weighted by Crippen LogP contribution is 2.23. The third kappa shape index (κ3) is 8.85. The van der Waals surface area contributed by atoms with Gasteiger partial charge in [-0.15, -0.1) is 0 Å². The quantitative estimate of drug-likeness (QED) is 0.754. The average molecular weight is 321 g/mol. The van der Waals surface area contributed by atoms with Crippen molar-refractivity contribution in [1.82, 2.24) is 0 Å². The molecule has 3 heteroatoms. The van der Waals surface area contributed by atoms with Crippen molar-refractivity contribution in [2.75, 3.05) is 24.6 Å². The minimum absolute atomic E-state index is 0.172. The largest absolute Gasteiger partial charge is 0.493 e. The highest BCUT2D eigenvalue weighted by Gasteiger charge is 2.18. The third-order valence-corrected chi connectivity index (χ3v) is 3.45. The molecule has 132 valence electrons. The molecule has 1 aromatic rings. The van der Waals surface area contributed by atoms with Gasteiger partial charge in [0.1, 0.15) is 5.75 Å². The van der Waals surface area contributed by atoms with E-state index in [1.165, 1.54) is 12.1 Å². The fourth-order valence-corrected chi connectivity index (χ4v) is 2.26. The zero-order valence-electron chi connectivity index (χ0n) is 16.1. The second-order valence-electron chi connectivity index (χ2n) is 8.94. The van der Waals surface area contributed by atoms with Crippen molar-refractivity contribution < 1.29 is 4.74 Å². The number of benzene rings is 1. The molecule has 0 saturated carbocycles. The van der Waals surface area contributed by atoms with Crippen LogP contribution < -0.4 is 15.4 Å². The first-order valence-corrected chi connectivity index (χ1v) is 8.73. The maximum absolute atomic E-state index is 6.24. The Hall–Kier alpha value is -1.22. The van der Waals surface area contributed by atoms with Crippen molar-refractivity contribution in [3.05, 3.63) is 24.3 Å². The molecule has 1 rings (SSSR count). The van der Waals surface area contributed by atoms with Gasteiger partial charge in [0, 0.05) is 24.3 Å². The minimum Gasteiger partial charge on any atom is -0.493 e. The van der Waals surface area contributed by atoms with Gasteiger partial charge in [-0.2, -0.15) is 0 Å². The minimum atomic E-state index is -0.210. The van der Waals surface area contributed by atoms with Crippen LogP contribution >= 0.6 is 0 Å². The molecule has 0 unspecified atom stereocenters. The van der Waals surface area contributed by atoms with Crippen LogP contribution in [-0.4, -0.2) is 25.2 Å². The van der Waals surface area contributed by atoms with Gasteiger partial charge >= 0.3 is 0 Å². The van der Waals surface area contributed by atoms with Crippen LogP contribution in [0, 0.1) is 11.3 Å². The number of anilines is 1. The Labute approximate surface area is 143 Å². The van der Waals surface area contributed by atoms with E-state index in [1.54, 1.807) is 0 Å². The molecule has 0 radical (unpaired) electrons. The number of hydrogen-bond acceptors (Lipinski definition) is 3. The van der Waals surface area contributed by atoms with Crippen LogP contribution in [0.3, 0.4) is 0 Å². The molecule has 0 heterocycles. The topological polar surface area (TPSA) is 38.5 Å². The Bertz CT molecular complexity index is 452. The summed E-state index contributed by atoms with van der Waals surface area (Å²) in [5.74, 6) is 1.62. The highest BCUT2D eigenvalue weighted by molar-refractivity contribution is 5.49. The molecule has 0 aliphatic rings. The van der Waals surface area contributed by atoms with Crippen molar-refractivity contribution in [2.24, 2.45) is 17.1 Å². The van der Waals surface area contributed by atoms with Gasteiger partial charge in [0.25, 0.3) is 0 Å². The van der Waals surface area contributed by atoms with Gasteiger partial charge in [-0.3, -0.25) is 0 Å². The van der Waals surface area contributed by atoms with E-state index in [1.807, 2.05) is 0 Å². The van der Waals surface area contributed by atoms with Gasteiger partial charge in [-0.25, -0.2) is 0 Å². The van der Waals surface area contributed by atoms with E-state index in [9.17, 15) is 0 Å². The molecule has 0 aromatic heterocycles. The number of nitrogens with zero attached hydrogens (tertiary/aromatic N) is 1. The van der Waals surface area contributed by atoms with Crippen molar-refractivity contribution in [2.45, 2.75) is 60.4 Å². The van der Waals surface area contributed by atoms with E-state index in [0.717, 1.165) is 25.4 Å². The lowest BCUT2D eigenvalue weighted by Crippen LogP contribution is -2.46. The Kier molecular flexibility index (Phi) is 6.94. The maximum atomic E-state index is 6.24. The number of hydrogen-bond donors (Lipinski definition) is 1. The summed E-state index contributed by atoms with van der Waals surface area (Å²) in [6.07, 6.45) is 1.17. The second-order valence-corrected chi connectivity index (χ2v) is 8.94. The normalized spacial score (nSPS) is 12.6. The molecule has 3 nitrogen and oxygen atoms in total. The lowest BCUT2D eigenvalue weighted by atomic mass is 9.99. The van der Waals surface area contributed by atoms with Crippen LogP contribution in [-0.2, 0) is 0 Å². The summed E-state index contributed by atoms with van der Waals surface area (Å²) >= 11 is 0. The first kappa shape index (κ1) is 19.8. The zero-order valence-corrected chi connectivity index (χ0v) is 16.1. The van der Waals surface area contributed by atoms with Gasteiger partial charge < -0.3 is 15.4 Å². The van der Waals surface area contributed by atoms with Crippen molar-refractivity contribution in [3.8, 4) is 5.75 Å². The molecule has 0 spiro atoms. The molecule has 2 N–H and O–H groups in total. The molecule has 0 aliphatic heterocycles.